The molecule has 0 aliphatic carbocycles. The van der Waals surface area contributed by atoms with Gasteiger partial charge in [-0.15, -0.1) is 16.4 Å². The molecule has 0 spiro atoms. The molecular formula is C9H7N3O4S2. The molecule has 0 aliphatic rings. The number of aromatic carboxylic acids is 1. The topological polar surface area (TPSA) is 109 Å². The Balaban J connectivity index is 2.28. The van der Waals surface area contributed by atoms with Gasteiger partial charge in [0.2, 0.25) is 0 Å². The molecule has 0 radical (unpaired) electrons. The second-order valence-corrected chi connectivity index (χ2v) is 5.76. The molecule has 2 N–H and O–H groups in total. The smallest absolute Gasteiger partial charge is 0.345 e. The van der Waals surface area contributed by atoms with Crippen molar-refractivity contribution in [2.75, 3.05) is 4.72 Å². The summed E-state index contributed by atoms with van der Waals surface area (Å²) in [6.07, 6.45) is 1.41. The minimum atomic E-state index is -3.83. The molecule has 0 aliphatic heterocycles. The number of carbonyl (C=O) groups is 1. The predicted octanol–water partition coefficient (Wildman–Crippen LogP) is 1.04. The van der Waals surface area contributed by atoms with Crippen LogP contribution in [0.1, 0.15) is 9.67 Å². The summed E-state index contributed by atoms with van der Waals surface area (Å²) < 4.78 is 25.9. The molecule has 0 saturated carbocycles. The van der Waals surface area contributed by atoms with Crippen LogP contribution in [-0.2, 0) is 10.0 Å². The van der Waals surface area contributed by atoms with Gasteiger partial charge in [-0.3, -0.25) is 4.72 Å². The van der Waals surface area contributed by atoms with Crippen LogP contribution in [0, 0.1) is 0 Å². The number of nitrogens with zero attached hydrogens (tertiary/aromatic N) is 2. The molecule has 9 heteroatoms. The second-order valence-electron chi connectivity index (χ2n) is 3.17. The third-order valence-corrected chi connectivity index (χ3v) is 4.31. The van der Waals surface area contributed by atoms with Gasteiger partial charge in [0.25, 0.3) is 10.0 Å². The van der Waals surface area contributed by atoms with E-state index in [1.54, 1.807) is 0 Å². The Morgan fingerprint density at radius 1 is 1.44 bits per heavy atom. The lowest BCUT2D eigenvalue weighted by Gasteiger charge is -2.03. The summed E-state index contributed by atoms with van der Waals surface area (Å²) in [5.74, 6) is -1.10. The van der Waals surface area contributed by atoms with Crippen molar-refractivity contribution >= 4 is 33.1 Å². The fourth-order valence-electron chi connectivity index (χ4n) is 1.12. The number of hydrogen-bond acceptors (Lipinski definition) is 6. The minimum absolute atomic E-state index is 0.0467. The van der Waals surface area contributed by atoms with Crippen molar-refractivity contribution in [2.45, 2.75) is 4.90 Å². The fourth-order valence-corrected chi connectivity index (χ4v) is 3.23. The van der Waals surface area contributed by atoms with E-state index in [1.807, 2.05) is 0 Å². The van der Waals surface area contributed by atoms with Crippen molar-refractivity contribution < 1.29 is 18.3 Å². The van der Waals surface area contributed by atoms with E-state index in [9.17, 15) is 13.2 Å². The molecule has 0 bridgehead atoms. The van der Waals surface area contributed by atoms with Crippen LogP contribution in [-0.4, -0.2) is 29.7 Å². The highest BCUT2D eigenvalue weighted by Gasteiger charge is 2.19. The number of aromatic nitrogens is 2. The number of carboxylic acid groups (broad SMARTS) is 1. The van der Waals surface area contributed by atoms with Crippen molar-refractivity contribution in [1.82, 2.24) is 10.2 Å². The molecule has 18 heavy (non-hydrogen) atoms. The zero-order valence-corrected chi connectivity index (χ0v) is 10.4. The fraction of sp³-hybridized carbons (Fsp3) is 0. The molecule has 0 unspecified atom stereocenters. The van der Waals surface area contributed by atoms with E-state index in [0.717, 1.165) is 17.4 Å². The zero-order valence-electron chi connectivity index (χ0n) is 8.77. The maximum Gasteiger partial charge on any atom is 0.345 e. The third kappa shape index (κ3) is 2.63. The van der Waals surface area contributed by atoms with Gasteiger partial charge < -0.3 is 5.11 Å². The first-order chi connectivity index (χ1) is 8.49. The van der Waals surface area contributed by atoms with Gasteiger partial charge in [0.05, 0.1) is 4.90 Å². The van der Waals surface area contributed by atoms with Crippen LogP contribution >= 0.6 is 11.3 Å². The van der Waals surface area contributed by atoms with Crippen molar-refractivity contribution in [2.24, 2.45) is 0 Å². The van der Waals surface area contributed by atoms with Gasteiger partial charge in [0.15, 0.2) is 5.82 Å². The zero-order chi connectivity index (χ0) is 13.2. The van der Waals surface area contributed by atoms with E-state index in [0.29, 0.717) is 0 Å². The summed E-state index contributed by atoms with van der Waals surface area (Å²) in [7, 11) is -3.83. The highest BCUT2D eigenvalue weighted by Crippen LogP contribution is 2.21. The van der Waals surface area contributed by atoms with Gasteiger partial charge in [-0.1, -0.05) is 0 Å². The van der Waals surface area contributed by atoms with Gasteiger partial charge >= 0.3 is 5.97 Å². The van der Waals surface area contributed by atoms with Crippen LogP contribution in [0.4, 0.5) is 5.82 Å². The standard InChI is InChI=1S/C9H7N3O4S2/c13-9(14)7-4-6(5-17-7)18(15,16)12-8-2-1-3-10-11-8/h1-5H,(H,11,12)(H,13,14). The van der Waals surface area contributed by atoms with Crippen LogP contribution in [0.5, 0.6) is 0 Å². The third-order valence-electron chi connectivity index (χ3n) is 1.91. The van der Waals surface area contributed by atoms with E-state index < -0.39 is 16.0 Å². The largest absolute Gasteiger partial charge is 0.477 e. The summed E-state index contributed by atoms with van der Waals surface area (Å²) >= 11 is 0.840. The van der Waals surface area contributed by atoms with E-state index in [1.165, 1.54) is 23.7 Å². The average Bonchev–Trinajstić information content (AvgIpc) is 2.79. The second kappa shape index (κ2) is 4.70. The number of thiophene rings is 1. The molecule has 2 rings (SSSR count). The van der Waals surface area contributed by atoms with Crippen molar-refractivity contribution in [3.8, 4) is 0 Å². The number of hydrogen-bond donors (Lipinski definition) is 2. The SMILES string of the molecule is O=C(O)c1cc(S(=O)(=O)Nc2cccnn2)cs1. The van der Waals surface area contributed by atoms with Crippen LogP contribution in [0.15, 0.2) is 34.7 Å². The molecule has 2 aromatic heterocycles. The quantitative estimate of drug-likeness (QED) is 0.868. The lowest BCUT2D eigenvalue weighted by molar-refractivity contribution is 0.0702. The molecule has 0 saturated heterocycles. The summed E-state index contributed by atoms with van der Waals surface area (Å²) in [6.45, 7) is 0. The summed E-state index contributed by atoms with van der Waals surface area (Å²) in [5.41, 5.74) is 0. The first-order valence-corrected chi connectivity index (χ1v) is 6.98. The summed E-state index contributed by atoms with van der Waals surface area (Å²) in [4.78, 5) is 10.5. The molecule has 0 aromatic carbocycles. The Bertz CT molecular complexity index is 666. The molecular weight excluding hydrogens is 278 g/mol. The van der Waals surface area contributed by atoms with Crippen LogP contribution in [0.2, 0.25) is 0 Å². The van der Waals surface area contributed by atoms with Gasteiger partial charge in [-0.25, -0.2) is 13.2 Å². The molecule has 0 atom stereocenters. The Morgan fingerprint density at radius 3 is 2.78 bits per heavy atom. The van der Waals surface area contributed by atoms with Crippen molar-refractivity contribution in [3.63, 3.8) is 0 Å². The van der Waals surface area contributed by atoms with E-state index >= 15 is 0 Å². The highest BCUT2D eigenvalue weighted by atomic mass is 32.2. The maximum absolute atomic E-state index is 11.9. The lowest BCUT2D eigenvalue weighted by atomic mass is 10.5. The van der Waals surface area contributed by atoms with E-state index in [-0.39, 0.29) is 15.6 Å². The monoisotopic (exact) mass is 285 g/mol. The van der Waals surface area contributed by atoms with Gasteiger partial charge in [-0.2, -0.15) is 5.10 Å². The summed E-state index contributed by atoms with van der Waals surface area (Å²) in [6, 6.07) is 4.06. The molecule has 94 valence electrons. The lowest BCUT2D eigenvalue weighted by Crippen LogP contribution is -2.13. The number of sulfonamides is 1. The normalized spacial score (nSPS) is 11.1. The van der Waals surface area contributed by atoms with Crippen molar-refractivity contribution in [3.05, 3.63) is 34.7 Å². The van der Waals surface area contributed by atoms with Crippen LogP contribution in [0.25, 0.3) is 0 Å². The average molecular weight is 285 g/mol. The Labute approximate surface area is 106 Å². The number of anilines is 1. The predicted molar refractivity (Wildman–Crippen MR) is 64.1 cm³/mol. The van der Waals surface area contributed by atoms with Crippen LogP contribution < -0.4 is 4.72 Å². The number of carboxylic acids is 1. The summed E-state index contributed by atoms with van der Waals surface area (Å²) in [5, 5.41) is 17.1. The molecule has 0 amide bonds. The first kappa shape index (κ1) is 12.5. The Kier molecular flexibility index (Phi) is 3.26. The number of nitrogens with one attached hydrogen (secondary N) is 1. The molecule has 7 nitrogen and oxygen atoms in total. The maximum atomic E-state index is 11.9. The van der Waals surface area contributed by atoms with Gasteiger partial charge in [0.1, 0.15) is 4.88 Å². The van der Waals surface area contributed by atoms with Gasteiger partial charge in [0, 0.05) is 11.6 Å². The number of rotatable bonds is 4. The van der Waals surface area contributed by atoms with Gasteiger partial charge in [-0.05, 0) is 18.2 Å². The highest BCUT2D eigenvalue weighted by molar-refractivity contribution is 7.92. The van der Waals surface area contributed by atoms with E-state index in [2.05, 4.69) is 14.9 Å². The van der Waals surface area contributed by atoms with E-state index in [4.69, 9.17) is 5.11 Å². The Hall–Kier alpha value is -2.00. The van der Waals surface area contributed by atoms with Crippen molar-refractivity contribution in [1.29, 1.82) is 0 Å². The molecule has 2 heterocycles. The molecule has 0 fully saturated rings. The van der Waals surface area contributed by atoms with Crippen LogP contribution in [0.3, 0.4) is 0 Å². The Morgan fingerprint density at radius 2 is 2.22 bits per heavy atom. The molecule has 2 aromatic rings. The first-order valence-electron chi connectivity index (χ1n) is 4.61. The minimum Gasteiger partial charge on any atom is -0.477 e.